The van der Waals surface area contributed by atoms with Gasteiger partial charge in [-0.25, -0.2) is 0 Å². The lowest BCUT2D eigenvalue weighted by molar-refractivity contribution is 0.296. The molecule has 1 fully saturated rings. The molecule has 0 amide bonds. The van der Waals surface area contributed by atoms with Crippen molar-refractivity contribution in [2.24, 2.45) is 5.41 Å². The zero-order valence-corrected chi connectivity index (χ0v) is 5.85. The molecule has 0 aromatic carbocycles. The van der Waals surface area contributed by atoms with Crippen molar-refractivity contribution in [1.82, 2.24) is 0 Å². The van der Waals surface area contributed by atoms with Gasteiger partial charge in [0.15, 0.2) is 0 Å². The zero-order chi connectivity index (χ0) is 7.61. The van der Waals surface area contributed by atoms with Crippen LogP contribution in [0.4, 0.5) is 0 Å². The van der Waals surface area contributed by atoms with Gasteiger partial charge in [0.2, 0.25) is 0 Å². The highest BCUT2D eigenvalue weighted by molar-refractivity contribution is 4.96. The Labute approximate surface area is 58.1 Å². The Hall–Kier alpha value is -0.510. The molecule has 0 aromatic heterocycles. The first-order valence-corrected chi connectivity index (χ1v) is 3.50. The third kappa shape index (κ3) is 1.45. The van der Waals surface area contributed by atoms with Crippen molar-refractivity contribution in [2.45, 2.75) is 39.0 Å². The predicted octanol–water partition coefficient (Wildman–Crippen LogP) is 2.48. The SMILES string of the molecule is [2H]C1CCCC(C)(C#N)C1. The number of rotatable bonds is 0. The summed E-state index contributed by atoms with van der Waals surface area (Å²) in [5.41, 5.74) is -0.190. The first kappa shape index (κ1) is 5.29. The summed E-state index contributed by atoms with van der Waals surface area (Å²) in [6, 6.07) is 2.29. The topological polar surface area (TPSA) is 23.8 Å². The van der Waals surface area contributed by atoms with Gasteiger partial charge in [0, 0.05) is 1.37 Å². The Balaban J connectivity index is 2.56. The molecule has 1 saturated carbocycles. The van der Waals surface area contributed by atoms with Crippen molar-refractivity contribution in [3.63, 3.8) is 0 Å². The average molecular weight is 124 g/mol. The lowest BCUT2D eigenvalue weighted by Gasteiger charge is -2.25. The van der Waals surface area contributed by atoms with Crippen LogP contribution in [0, 0.1) is 16.7 Å². The number of hydrogen-bond donors (Lipinski definition) is 0. The Morgan fingerprint density at radius 3 is 2.78 bits per heavy atom. The molecule has 0 heterocycles. The van der Waals surface area contributed by atoms with E-state index in [1.165, 1.54) is 0 Å². The van der Waals surface area contributed by atoms with Crippen LogP contribution in [0.3, 0.4) is 0 Å². The van der Waals surface area contributed by atoms with E-state index in [-0.39, 0.29) is 11.8 Å². The molecular weight excluding hydrogens is 110 g/mol. The highest BCUT2D eigenvalue weighted by atomic mass is 14.4. The highest BCUT2D eigenvalue weighted by Crippen LogP contribution is 2.34. The van der Waals surface area contributed by atoms with Gasteiger partial charge in [-0.3, -0.25) is 0 Å². The number of hydrogen-bond acceptors (Lipinski definition) is 1. The summed E-state index contributed by atoms with van der Waals surface area (Å²) in [7, 11) is 0. The van der Waals surface area contributed by atoms with Crippen LogP contribution >= 0.6 is 0 Å². The van der Waals surface area contributed by atoms with Crippen LogP contribution < -0.4 is 0 Å². The van der Waals surface area contributed by atoms with Gasteiger partial charge in [-0.05, 0) is 19.8 Å². The minimum Gasteiger partial charge on any atom is -0.198 e. The quantitative estimate of drug-likeness (QED) is 0.486. The normalized spacial score (nSPS) is 45.3. The van der Waals surface area contributed by atoms with E-state index in [4.69, 9.17) is 6.63 Å². The molecule has 0 bridgehead atoms. The van der Waals surface area contributed by atoms with Crippen molar-refractivity contribution < 1.29 is 1.37 Å². The van der Waals surface area contributed by atoms with E-state index in [1.807, 2.05) is 6.92 Å². The fourth-order valence-electron chi connectivity index (χ4n) is 1.26. The van der Waals surface area contributed by atoms with Gasteiger partial charge in [0.25, 0.3) is 0 Å². The van der Waals surface area contributed by atoms with E-state index in [0.717, 1.165) is 25.7 Å². The number of nitrogens with zero attached hydrogens (tertiary/aromatic N) is 1. The largest absolute Gasteiger partial charge is 0.198 e. The second-order valence-electron chi connectivity index (χ2n) is 3.06. The van der Waals surface area contributed by atoms with Gasteiger partial charge in [-0.2, -0.15) is 5.26 Å². The molecule has 2 unspecified atom stereocenters. The second kappa shape index (κ2) is 2.39. The van der Waals surface area contributed by atoms with E-state index in [9.17, 15) is 0 Å². The summed E-state index contributed by atoms with van der Waals surface area (Å²) in [4.78, 5) is 0. The van der Waals surface area contributed by atoms with Crippen LogP contribution in [0.5, 0.6) is 0 Å². The monoisotopic (exact) mass is 124 g/mol. The van der Waals surface area contributed by atoms with Gasteiger partial charge in [-0.1, -0.05) is 19.2 Å². The van der Waals surface area contributed by atoms with E-state index in [1.54, 1.807) is 0 Å². The van der Waals surface area contributed by atoms with Crippen molar-refractivity contribution in [1.29, 1.82) is 5.26 Å². The highest BCUT2D eigenvalue weighted by Gasteiger charge is 2.25. The van der Waals surface area contributed by atoms with Crippen LogP contribution in [0.25, 0.3) is 0 Å². The first-order chi connectivity index (χ1) is 4.66. The molecule has 0 saturated heterocycles. The molecule has 1 heteroatoms. The minimum absolute atomic E-state index is 0.0124. The molecule has 1 nitrogen and oxygen atoms in total. The molecule has 50 valence electrons. The number of nitriles is 1. The van der Waals surface area contributed by atoms with Crippen LogP contribution in [-0.4, -0.2) is 0 Å². The van der Waals surface area contributed by atoms with Crippen molar-refractivity contribution in [2.75, 3.05) is 0 Å². The maximum atomic E-state index is 8.73. The molecule has 0 radical (unpaired) electrons. The fraction of sp³-hybridized carbons (Fsp3) is 0.875. The van der Waals surface area contributed by atoms with Crippen molar-refractivity contribution >= 4 is 0 Å². The predicted molar refractivity (Wildman–Crippen MR) is 36.8 cm³/mol. The van der Waals surface area contributed by atoms with E-state index >= 15 is 0 Å². The first-order valence-electron chi connectivity index (χ1n) is 4.07. The third-order valence-electron chi connectivity index (χ3n) is 2.00. The summed E-state index contributed by atoms with van der Waals surface area (Å²) in [6.45, 7) is 1.97. The Kier molecular flexibility index (Phi) is 1.40. The van der Waals surface area contributed by atoms with Gasteiger partial charge in [0.1, 0.15) is 0 Å². The van der Waals surface area contributed by atoms with Crippen LogP contribution in [0.15, 0.2) is 0 Å². The van der Waals surface area contributed by atoms with E-state index in [2.05, 4.69) is 6.07 Å². The smallest absolute Gasteiger partial charge is 0.0686 e. The van der Waals surface area contributed by atoms with E-state index in [0.29, 0.717) is 0 Å². The van der Waals surface area contributed by atoms with Crippen molar-refractivity contribution in [3.8, 4) is 6.07 Å². The Morgan fingerprint density at radius 2 is 2.33 bits per heavy atom. The second-order valence-corrected chi connectivity index (χ2v) is 3.06. The molecule has 0 N–H and O–H groups in total. The molecule has 1 aliphatic carbocycles. The summed E-state index contributed by atoms with van der Waals surface area (Å²) >= 11 is 0. The lowest BCUT2D eigenvalue weighted by Crippen LogP contribution is -2.16. The van der Waals surface area contributed by atoms with E-state index < -0.39 is 0 Å². The standard InChI is InChI=1S/C8H13N/c1-8(7-9)5-3-2-4-6-8/h2-6H2,1H3/i3D. The minimum atomic E-state index is -0.190. The molecule has 2 atom stereocenters. The van der Waals surface area contributed by atoms with Crippen LogP contribution in [0.1, 0.15) is 40.4 Å². The molecule has 1 rings (SSSR count). The molecule has 0 spiro atoms. The maximum absolute atomic E-state index is 8.73. The molecule has 1 aliphatic rings. The Bertz CT molecular complexity index is 161. The van der Waals surface area contributed by atoms with Gasteiger partial charge in [0.05, 0.1) is 11.5 Å². The Morgan fingerprint density at radius 1 is 1.56 bits per heavy atom. The lowest BCUT2D eigenvalue weighted by atomic mass is 9.77. The summed E-state index contributed by atoms with van der Waals surface area (Å²) in [5, 5.41) is 8.73. The molecule has 9 heavy (non-hydrogen) atoms. The van der Waals surface area contributed by atoms with Gasteiger partial charge in [-0.15, -0.1) is 0 Å². The summed E-state index contributed by atoms with van der Waals surface area (Å²) in [5.74, 6) is 0. The summed E-state index contributed by atoms with van der Waals surface area (Å²) < 4.78 is 7.48. The molecular formula is C8H13N. The maximum Gasteiger partial charge on any atom is 0.0686 e. The third-order valence-corrected chi connectivity index (χ3v) is 2.00. The van der Waals surface area contributed by atoms with Gasteiger partial charge < -0.3 is 0 Å². The zero-order valence-electron chi connectivity index (χ0n) is 6.85. The van der Waals surface area contributed by atoms with Crippen LogP contribution in [0.2, 0.25) is 0 Å². The van der Waals surface area contributed by atoms with Crippen LogP contribution in [-0.2, 0) is 0 Å². The average Bonchev–Trinajstić information content (AvgIpc) is 1.88. The molecule has 0 aromatic rings. The summed E-state index contributed by atoms with van der Waals surface area (Å²) in [6.07, 6.45) is 3.80. The fourth-order valence-corrected chi connectivity index (χ4v) is 1.26. The van der Waals surface area contributed by atoms with Gasteiger partial charge >= 0.3 is 0 Å². The van der Waals surface area contributed by atoms with Crippen molar-refractivity contribution in [3.05, 3.63) is 0 Å². The molecule has 0 aliphatic heterocycles.